The Morgan fingerprint density at radius 1 is 1.11 bits per heavy atom. The molecule has 9 nitrogen and oxygen atoms in total. The van der Waals surface area contributed by atoms with Gasteiger partial charge in [-0.2, -0.15) is 5.10 Å². The maximum Gasteiger partial charge on any atom is 0.407 e. The summed E-state index contributed by atoms with van der Waals surface area (Å²) in [4.78, 5) is 39.8. The van der Waals surface area contributed by atoms with E-state index in [9.17, 15) is 14.4 Å². The second-order valence-corrected chi connectivity index (χ2v) is 12.1. The minimum Gasteiger partial charge on any atom is -0.441 e. The maximum absolute atomic E-state index is 13.3. The van der Waals surface area contributed by atoms with Gasteiger partial charge >= 0.3 is 6.09 Å². The van der Waals surface area contributed by atoms with Crippen molar-refractivity contribution in [3.63, 3.8) is 0 Å². The van der Waals surface area contributed by atoms with Crippen LogP contribution in [0, 0.1) is 23.2 Å². The van der Waals surface area contributed by atoms with Crippen LogP contribution in [0.4, 0.5) is 4.79 Å². The van der Waals surface area contributed by atoms with Crippen LogP contribution in [-0.2, 0) is 4.74 Å². The third kappa shape index (κ3) is 3.66. The van der Waals surface area contributed by atoms with Gasteiger partial charge in [0.15, 0.2) is 5.69 Å². The van der Waals surface area contributed by atoms with Gasteiger partial charge in [0, 0.05) is 38.7 Å². The molecular weight excluding hydrogens is 458 g/mol. The summed E-state index contributed by atoms with van der Waals surface area (Å²) in [5, 5.41) is 10.5. The van der Waals surface area contributed by atoms with Gasteiger partial charge in [0.1, 0.15) is 5.60 Å². The van der Waals surface area contributed by atoms with Crippen molar-refractivity contribution in [1.82, 2.24) is 25.1 Å². The molecule has 2 N–H and O–H groups in total. The number of likely N-dealkylation sites (tertiary alicyclic amines) is 1. The number of rotatable bonds is 4. The number of ether oxygens (including phenoxy) is 1. The van der Waals surface area contributed by atoms with E-state index in [2.05, 4.69) is 15.7 Å². The predicted molar refractivity (Wildman–Crippen MR) is 130 cm³/mol. The molecule has 36 heavy (non-hydrogen) atoms. The number of nitrogens with zero attached hydrogens (tertiary/aromatic N) is 3. The molecule has 2 aliphatic heterocycles. The van der Waals surface area contributed by atoms with E-state index >= 15 is 0 Å². The van der Waals surface area contributed by atoms with E-state index in [1.165, 1.54) is 38.5 Å². The monoisotopic (exact) mass is 491 g/mol. The maximum atomic E-state index is 13.3. The molecule has 6 aliphatic rings. The Morgan fingerprint density at radius 3 is 2.44 bits per heavy atom. The van der Waals surface area contributed by atoms with Gasteiger partial charge in [-0.15, -0.1) is 0 Å². The van der Waals surface area contributed by atoms with Gasteiger partial charge in [-0.1, -0.05) is 0 Å². The zero-order valence-electron chi connectivity index (χ0n) is 20.5. The van der Waals surface area contributed by atoms with Gasteiger partial charge in [-0.3, -0.25) is 9.59 Å². The highest BCUT2D eigenvalue weighted by Gasteiger charge is 2.51. The molecule has 190 valence electrons. The van der Waals surface area contributed by atoms with Crippen molar-refractivity contribution in [2.24, 2.45) is 23.2 Å². The van der Waals surface area contributed by atoms with Crippen LogP contribution < -0.4 is 10.6 Å². The van der Waals surface area contributed by atoms with Crippen LogP contribution >= 0.6 is 0 Å². The third-order valence-corrected chi connectivity index (χ3v) is 9.58. The topological polar surface area (TPSA) is 105 Å². The largest absolute Gasteiger partial charge is 0.441 e. The van der Waals surface area contributed by atoms with E-state index in [4.69, 9.17) is 4.74 Å². The smallest absolute Gasteiger partial charge is 0.407 e. The number of hydrogen-bond acceptors (Lipinski definition) is 5. The first-order valence-corrected chi connectivity index (χ1v) is 13.4. The highest BCUT2D eigenvalue weighted by atomic mass is 16.6. The molecule has 4 saturated carbocycles. The lowest BCUT2D eigenvalue weighted by atomic mass is 9.49. The average molecular weight is 492 g/mol. The van der Waals surface area contributed by atoms with Gasteiger partial charge in [-0.25, -0.2) is 9.31 Å². The highest BCUT2D eigenvalue weighted by molar-refractivity contribution is 6.02. The molecule has 8 rings (SSSR count). The number of amides is 3. The van der Waals surface area contributed by atoms with Crippen LogP contribution in [0.25, 0.3) is 5.52 Å². The van der Waals surface area contributed by atoms with E-state index in [1.807, 2.05) is 6.07 Å². The van der Waals surface area contributed by atoms with E-state index in [1.54, 1.807) is 27.7 Å². The van der Waals surface area contributed by atoms with Crippen molar-refractivity contribution < 1.29 is 19.1 Å². The van der Waals surface area contributed by atoms with Crippen molar-refractivity contribution in [3.05, 3.63) is 35.7 Å². The van der Waals surface area contributed by atoms with Crippen LogP contribution in [0.2, 0.25) is 0 Å². The average Bonchev–Trinajstić information content (AvgIpc) is 3.45. The fourth-order valence-corrected chi connectivity index (χ4v) is 8.24. The second kappa shape index (κ2) is 7.95. The molecule has 0 aromatic carbocycles. The number of pyridine rings is 1. The van der Waals surface area contributed by atoms with Crippen LogP contribution in [0.5, 0.6) is 0 Å². The van der Waals surface area contributed by atoms with Crippen LogP contribution in [0.3, 0.4) is 0 Å². The SMILES string of the molecule is O=C1NCC2(CCN(C(=O)c3cc4c(C(=O)NCC56CC7CC(CC(C7)C5)C6)cccn4n3)CC2)O1. The third-order valence-electron chi connectivity index (χ3n) is 9.58. The Bertz CT molecular complexity index is 1210. The molecule has 4 heterocycles. The molecule has 2 saturated heterocycles. The van der Waals surface area contributed by atoms with Crippen molar-refractivity contribution in [3.8, 4) is 0 Å². The quantitative estimate of drug-likeness (QED) is 0.684. The van der Waals surface area contributed by atoms with E-state index < -0.39 is 5.60 Å². The number of alkyl carbamates (subject to hydrolysis) is 1. The van der Waals surface area contributed by atoms with E-state index in [0.29, 0.717) is 49.2 Å². The van der Waals surface area contributed by atoms with Crippen molar-refractivity contribution in [1.29, 1.82) is 0 Å². The number of nitrogens with one attached hydrogen (secondary N) is 2. The van der Waals surface area contributed by atoms with Crippen molar-refractivity contribution >= 4 is 23.4 Å². The lowest BCUT2D eigenvalue weighted by Crippen LogP contribution is -2.51. The lowest BCUT2D eigenvalue weighted by Gasteiger charge is -2.56. The van der Waals surface area contributed by atoms with Crippen molar-refractivity contribution in [2.75, 3.05) is 26.2 Å². The Balaban J connectivity index is 1.05. The molecule has 3 amide bonds. The lowest BCUT2D eigenvalue weighted by molar-refractivity contribution is -0.0503. The zero-order chi connectivity index (χ0) is 24.5. The fourth-order valence-electron chi connectivity index (χ4n) is 8.24. The number of aromatic nitrogens is 2. The summed E-state index contributed by atoms with van der Waals surface area (Å²) in [6.07, 6.45) is 10.5. The summed E-state index contributed by atoms with van der Waals surface area (Å²) in [7, 11) is 0. The van der Waals surface area contributed by atoms with Crippen LogP contribution in [0.15, 0.2) is 24.4 Å². The predicted octanol–water partition coefficient (Wildman–Crippen LogP) is 3.00. The Hall–Kier alpha value is -3.10. The van der Waals surface area contributed by atoms with Gasteiger partial charge in [0.05, 0.1) is 17.6 Å². The molecule has 9 heteroatoms. The van der Waals surface area contributed by atoms with Gasteiger partial charge in [0.2, 0.25) is 0 Å². The molecule has 4 bridgehead atoms. The highest BCUT2D eigenvalue weighted by Crippen LogP contribution is 2.59. The first-order chi connectivity index (χ1) is 17.4. The van der Waals surface area contributed by atoms with Crippen LogP contribution in [0.1, 0.15) is 72.2 Å². The van der Waals surface area contributed by atoms with Crippen LogP contribution in [-0.4, -0.2) is 64.2 Å². The minimum absolute atomic E-state index is 0.0919. The Morgan fingerprint density at radius 2 is 1.81 bits per heavy atom. The molecule has 0 atom stereocenters. The number of fused-ring (bicyclic) bond motifs is 1. The molecule has 1 spiro atoms. The van der Waals surface area contributed by atoms with E-state index in [-0.39, 0.29) is 23.3 Å². The summed E-state index contributed by atoms with van der Waals surface area (Å²) in [5.74, 6) is 2.29. The number of carbonyl (C=O) groups excluding carboxylic acids is 3. The summed E-state index contributed by atoms with van der Waals surface area (Å²) >= 11 is 0. The zero-order valence-corrected chi connectivity index (χ0v) is 20.5. The van der Waals surface area contributed by atoms with Gasteiger partial charge < -0.3 is 20.3 Å². The fraction of sp³-hybridized carbons (Fsp3) is 0.630. The number of piperidine rings is 1. The molecule has 4 aliphatic carbocycles. The molecular formula is C27H33N5O4. The standard InChI is InChI=1S/C27H33N5O4/c33-23(28-15-26-12-17-8-18(13-26)10-19(9-17)14-26)20-2-1-5-32-22(20)11-21(30-32)24(34)31-6-3-27(4-7-31)16-29-25(35)36-27/h1-2,5,11,17-19H,3-4,6-10,12-16H2,(H,28,33)(H,29,35). The summed E-state index contributed by atoms with van der Waals surface area (Å²) < 4.78 is 7.09. The van der Waals surface area contributed by atoms with Gasteiger partial charge in [0.25, 0.3) is 11.8 Å². The molecule has 6 fully saturated rings. The van der Waals surface area contributed by atoms with Crippen molar-refractivity contribution in [2.45, 2.75) is 57.0 Å². The Kier molecular flexibility index (Phi) is 4.89. The number of carbonyl (C=O) groups is 3. The number of hydrogen-bond donors (Lipinski definition) is 2. The minimum atomic E-state index is -0.505. The normalized spacial score (nSPS) is 32.1. The Labute approximate surface area is 209 Å². The molecule has 0 radical (unpaired) electrons. The molecule has 2 aromatic rings. The molecule has 2 aromatic heterocycles. The summed E-state index contributed by atoms with van der Waals surface area (Å²) in [6, 6.07) is 5.34. The molecule has 0 unspecified atom stereocenters. The van der Waals surface area contributed by atoms with E-state index in [0.717, 1.165) is 24.3 Å². The summed E-state index contributed by atoms with van der Waals surface area (Å²) in [5.41, 5.74) is 1.29. The second-order valence-electron chi connectivity index (χ2n) is 12.1. The summed E-state index contributed by atoms with van der Waals surface area (Å²) in [6.45, 7) is 2.23. The first-order valence-electron chi connectivity index (χ1n) is 13.4. The van der Waals surface area contributed by atoms with Gasteiger partial charge in [-0.05, 0) is 79.9 Å². The first kappa shape index (κ1) is 22.1.